The van der Waals surface area contributed by atoms with Crippen LogP contribution in [0.4, 0.5) is 4.39 Å². The van der Waals surface area contributed by atoms with Gasteiger partial charge in [-0.25, -0.2) is 4.68 Å². The summed E-state index contributed by atoms with van der Waals surface area (Å²) in [5.74, 6) is -0.574. The van der Waals surface area contributed by atoms with Gasteiger partial charge in [-0.1, -0.05) is 11.6 Å². The van der Waals surface area contributed by atoms with E-state index < -0.39 is 5.95 Å². The number of aromatic nitrogens is 2. The van der Waals surface area contributed by atoms with Crippen LogP contribution in [0.1, 0.15) is 20.8 Å². The molecule has 0 aliphatic rings. The van der Waals surface area contributed by atoms with Gasteiger partial charge in [-0.2, -0.15) is 4.39 Å². The van der Waals surface area contributed by atoms with Crippen molar-refractivity contribution in [2.45, 2.75) is 26.3 Å². The maximum Gasteiger partial charge on any atom is 0.248 e. The molecule has 5 heteroatoms. The summed E-state index contributed by atoms with van der Waals surface area (Å²) in [6.45, 7) is 5.70. The summed E-state index contributed by atoms with van der Waals surface area (Å²) in [5, 5.41) is 3.94. The van der Waals surface area contributed by atoms with Crippen molar-refractivity contribution in [1.82, 2.24) is 9.78 Å². The second kappa shape index (κ2) is 3.00. The quantitative estimate of drug-likeness (QED) is 0.696. The SMILES string of the molecule is CC(C)(C)n1nc(F)c(Br)c1Cl. The van der Waals surface area contributed by atoms with E-state index in [1.807, 2.05) is 20.8 Å². The Balaban J connectivity index is 3.28. The third-order valence-electron chi connectivity index (χ3n) is 1.37. The Morgan fingerprint density at radius 3 is 2.17 bits per heavy atom. The summed E-state index contributed by atoms with van der Waals surface area (Å²) >= 11 is 8.81. The molecule has 68 valence electrons. The van der Waals surface area contributed by atoms with Crippen molar-refractivity contribution >= 4 is 27.5 Å². The fraction of sp³-hybridized carbons (Fsp3) is 0.571. The maximum atomic E-state index is 12.9. The number of rotatable bonds is 0. The smallest absolute Gasteiger partial charge is 0.245 e. The predicted molar refractivity (Wildman–Crippen MR) is 49.9 cm³/mol. The number of hydrogen-bond acceptors (Lipinski definition) is 1. The van der Waals surface area contributed by atoms with E-state index in [2.05, 4.69) is 21.0 Å². The minimum Gasteiger partial charge on any atom is -0.245 e. The van der Waals surface area contributed by atoms with Crippen molar-refractivity contribution < 1.29 is 4.39 Å². The molecule has 0 saturated carbocycles. The number of halogens is 3. The van der Waals surface area contributed by atoms with Crippen LogP contribution in [0.3, 0.4) is 0 Å². The Hall–Kier alpha value is -0.0900. The first-order valence-corrected chi connectivity index (χ1v) is 4.61. The molecule has 0 spiro atoms. The van der Waals surface area contributed by atoms with Gasteiger partial charge in [-0.3, -0.25) is 0 Å². The second-order valence-corrected chi connectivity index (χ2v) is 4.63. The Kier molecular flexibility index (Phi) is 2.50. The van der Waals surface area contributed by atoms with Gasteiger partial charge < -0.3 is 0 Å². The summed E-state index contributed by atoms with van der Waals surface area (Å²) in [7, 11) is 0. The molecule has 2 nitrogen and oxygen atoms in total. The van der Waals surface area contributed by atoms with Crippen LogP contribution in [-0.4, -0.2) is 9.78 Å². The highest BCUT2D eigenvalue weighted by Crippen LogP contribution is 2.29. The lowest BCUT2D eigenvalue weighted by molar-refractivity contribution is 0.343. The van der Waals surface area contributed by atoms with Crippen molar-refractivity contribution in [3.05, 3.63) is 15.6 Å². The largest absolute Gasteiger partial charge is 0.248 e. The topological polar surface area (TPSA) is 17.8 Å². The molecule has 1 heterocycles. The average molecular weight is 256 g/mol. The average Bonchev–Trinajstić information content (AvgIpc) is 2.15. The molecule has 0 aliphatic carbocycles. The molecule has 0 saturated heterocycles. The van der Waals surface area contributed by atoms with Crippen LogP contribution < -0.4 is 0 Å². The fourth-order valence-electron chi connectivity index (χ4n) is 0.798. The van der Waals surface area contributed by atoms with Crippen molar-refractivity contribution in [2.24, 2.45) is 0 Å². The molecule has 0 N–H and O–H groups in total. The molecular weight excluding hydrogens is 246 g/mol. The Morgan fingerprint density at radius 2 is 2.00 bits per heavy atom. The van der Waals surface area contributed by atoms with Crippen LogP contribution in [0, 0.1) is 5.95 Å². The molecule has 0 aromatic carbocycles. The van der Waals surface area contributed by atoms with E-state index in [4.69, 9.17) is 11.6 Å². The zero-order valence-corrected chi connectivity index (χ0v) is 9.37. The molecule has 0 radical (unpaired) electrons. The minimum atomic E-state index is -0.574. The maximum absolute atomic E-state index is 12.9. The van der Waals surface area contributed by atoms with E-state index in [9.17, 15) is 4.39 Å². The Bertz CT molecular complexity index is 303. The molecule has 0 amide bonds. The molecule has 0 aliphatic heterocycles. The van der Waals surface area contributed by atoms with Crippen molar-refractivity contribution in [3.63, 3.8) is 0 Å². The lowest BCUT2D eigenvalue weighted by atomic mass is 10.1. The highest BCUT2D eigenvalue weighted by Gasteiger charge is 2.22. The summed E-state index contributed by atoms with van der Waals surface area (Å²) < 4.78 is 14.5. The molecule has 0 bridgehead atoms. The zero-order chi connectivity index (χ0) is 9.52. The predicted octanol–water partition coefficient (Wildman–Crippen LogP) is 3.19. The van der Waals surface area contributed by atoms with Gasteiger partial charge >= 0.3 is 0 Å². The first-order chi connectivity index (χ1) is 5.34. The van der Waals surface area contributed by atoms with Gasteiger partial charge in [0.2, 0.25) is 5.95 Å². The zero-order valence-electron chi connectivity index (χ0n) is 7.03. The van der Waals surface area contributed by atoms with E-state index in [0.717, 1.165) is 0 Å². The van der Waals surface area contributed by atoms with E-state index in [0.29, 0.717) is 5.15 Å². The highest BCUT2D eigenvalue weighted by atomic mass is 79.9. The first-order valence-electron chi connectivity index (χ1n) is 3.44. The number of nitrogens with zero attached hydrogens (tertiary/aromatic N) is 2. The molecule has 1 aromatic rings. The number of hydrogen-bond donors (Lipinski definition) is 0. The minimum absolute atomic E-state index is 0.221. The standard InChI is InChI=1S/C7H9BrClFN2/c1-7(2,3)12-5(9)4(8)6(10)11-12/h1-3H3. The lowest BCUT2D eigenvalue weighted by Gasteiger charge is -2.19. The molecule has 12 heavy (non-hydrogen) atoms. The Morgan fingerprint density at radius 1 is 1.50 bits per heavy atom. The summed E-state index contributed by atoms with van der Waals surface area (Å²) in [6, 6.07) is 0. The second-order valence-electron chi connectivity index (χ2n) is 3.48. The van der Waals surface area contributed by atoms with Gasteiger partial charge in [0.1, 0.15) is 9.63 Å². The van der Waals surface area contributed by atoms with Crippen LogP contribution in [0.15, 0.2) is 4.47 Å². The van der Waals surface area contributed by atoms with Gasteiger partial charge in [0, 0.05) is 0 Å². The van der Waals surface area contributed by atoms with Crippen LogP contribution in [0.25, 0.3) is 0 Å². The third kappa shape index (κ3) is 1.64. The van der Waals surface area contributed by atoms with Crippen molar-refractivity contribution in [1.29, 1.82) is 0 Å². The van der Waals surface area contributed by atoms with Crippen LogP contribution >= 0.6 is 27.5 Å². The van der Waals surface area contributed by atoms with Crippen LogP contribution in [-0.2, 0) is 5.54 Å². The van der Waals surface area contributed by atoms with Gasteiger partial charge in [0.05, 0.1) is 5.54 Å². The molecule has 0 unspecified atom stereocenters. The van der Waals surface area contributed by atoms with Gasteiger partial charge in [-0.15, -0.1) is 5.10 Å². The highest BCUT2D eigenvalue weighted by molar-refractivity contribution is 9.10. The molecule has 0 atom stereocenters. The summed E-state index contributed by atoms with van der Waals surface area (Å²) in [5.41, 5.74) is -0.302. The fourth-order valence-corrected chi connectivity index (χ4v) is 1.41. The monoisotopic (exact) mass is 254 g/mol. The van der Waals surface area contributed by atoms with Gasteiger partial charge in [-0.05, 0) is 36.7 Å². The third-order valence-corrected chi connectivity index (χ3v) is 2.65. The van der Waals surface area contributed by atoms with Gasteiger partial charge in [0.15, 0.2) is 0 Å². The molecule has 1 rings (SSSR count). The molecule has 1 aromatic heterocycles. The molecule has 0 fully saturated rings. The van der Waals surface area contributed by atoms with E-state index in [-0.39, 0.29) is 10.0 Å². The van der Waals surface area contributed by atoms with Crippen LogP contribution in [0.2, 0.25) is 5.15 Å². The van der Waals surface area contributed by atoms with Crippen molar-refractivity contribution in [3.8, 4) is 0 Å². The van der Waals surface area contributed by atoms with E-state index in [1.165, 1.54) is 4.68 Å². The van der Waals surface area contributed by atoms with E-state index >= 15 is 0 Å². The summed E-state index contributed by atoms with van der Waals surface area (Å²) in [6.07, 6.45) is 0. The van der Waals surface area contributed by atoms with Gasteiger partial charge in [0.25, 0.3) is 0 Å². The normalized spacial score (nSPS) is 12.2. The molecular formula is C7H9BrClFN2. The van der Waals surface area contributed by atoms with Crippen LogP contribution in [0.5, 0.6) is 0 Å². The Labute approximate surface area is 83.8 Å². The lowest BCUT2D eigenvalue weighted by Crippen LogP contribution is -2.23. The summed E-state index contributed by atoms with van der Waals surface area (Å²) in [4.78, 5) is 0. The first kappa shape index (κ1) is 9.99. The van der Waals surface area contributed by atoms with Crippen molar-refractivity contribution in [2.75, 3.05) is 0 Å². The van der Waals surface area contributed by atoms with E-state index in [1.54, 1.807) is 0 Å².